The smallest absolute Gasteiger partial charge is 0.0933 e. The van der Waals surface area contributed by atoms with E-state index in [9.17, 15) is 4.39 Å². The van der Waals surface area contributed by atoms with Crippen LogP contribution in [-0.4, -0.2) is 16.3 Å². The summed E-state index contributed by atoms with van der Waals surface area (Å²) < 4.78 is 12.3. The maximum Gasteiger partial charge on any atom is 0.0933 e. The molecule has 60 valence electrons. The molecular weight excluding hydrogens is 263 g/mol. The van der Waals surface area contributed by atoms with Crippen molar-refractivity contribution in [1.82, 2.24) is 0 Å². The lowest BCUT2D eigenvalue weighted by atomic mass is 9.90. The molecule has 0 aromatic rings. The number of hydrogen-bond donors (Lipinski definition) is 0. The first kappa shape index (κ1) is 8.98. The van der Waals surface area contributed by atoms with Crippen LogP contribution in [0.25, 0.3) is 0 Å². The average molecular weight is 274 g/mol. The van der Waals surface area contributed by atoms with Crippen LogP contribution in [0.5, 0.6) is 0 Å². The van der Waals surface area contributed by atoms with Crippen molar-refractivity contribution in [2.45, 2.75) is 28.9 Å². The minimum atomic E-state index is -0.183. The summed E-state index contributed by atoms with van der Waals surface area (Å²) in [5, 5.41) is 0. The summed E-state index contributed by atoms with van der Waals surface area (Å²) in [7, 11) is 0. The highest BCUT2D eigenvalue weighted by molar-refractivity contribution is 9.10. The molecule has 0 nitrogen and oxygen atoms in total. The Morgan fingerprint density at radius 2 is 2.00 bits per heavy atom. The Morgan fingerprint density at radius 3 is 2.50 bits per heavy atom. The van der Waals surface area contributed by atoms with Crippen molar-refractivity contribution in [3.63, 3.8) is 0 Å². The van der Waals surface area contributed by atoms with Gasteiger partial charge in [0.1, 0.15) is 0 Å². The van der Waals surface area contributed by atoms with E-state index < -0.39 is 0 Å². The summed E-state index contributed by atoms with van der Waals surface area (Å²) in [4.78, 5) is 0.952. The fraction of sp³-hybridized carbons (Fsp3) is 1.00. The third-order valence-corrected chi connectivity index (χ3v) is 4.06. The van der Waals surface area contributed by atoms with Gasteiger partial charge in [0.15, 0.2) is 0 Å². The molecule has 1 aliphatic carbocycles. The van der Waals surface area contributed by atoms with Crippen LogP contribution in [0.15, 0.2) is 0 Å². The molecule has 0 saturated heterocycles. The lowest BCUT2D eigenvalue weighted by Gasteiger charge is -2.28. The summed E-state index contributed by atoms with van der Waals surface area (Å²) >= 11 is 6.99. The molecule has 1 aliphatic rings. The zero-order chi connectivity index (χ0) is 7.56. The van der Waals surface area contributed by atoms with E-state index in [4.69, 9.17) is 0 Å². The minimum Gasteiger partial charge on any atom is -0.251 e. The van der Waals surface area contributed by atoms with Gasteiger partial charge in [-0.25, -0.2) is 0 Å². The second-order valence-corrected chi connectivity index (χ2v) is 5.31. The van der Waals surface area contributed by atoms with Crippen LogP contribution in [-0.2, 0) is 0 Å². The maximum atomic E-state index is 12.3. The van der Waals surface area contributed by atoms with Crippen LogP contribution < -0.4 is 0 Å². The zero-order valence-electron chi connectivity index (χ0n) is 5.69. The number of hydrogen-bond acceptors (Lipinski definition) is 0. The lowest BCUT2D eigenvalue weighted by molar-refractivity contribution is 0.299. The summed E-state index contributed by atoms with van der Waals surface area (Å²) in [5.41, 5.74) is 0. The minimum absolute atomic E-state index is 0.183. The zero-order valence-corrected chi connectivity index (χ0v) is 8.87. The van der Waals surface area contributed by atoms with Gasteiger partial charge in [-0.2, -0.15) is 0 Å². The van der Waals surface area contributed by atoms with Crippen molar-refractivity contribution < 1.29 is 4.39 Å². The van der Waals surface area contributed by atoms with E-state index in [-0.39, 0.29) is 12.6 Å². The van der Waals surface area contributed by atoms with Gasteiger partial charge in [-0.3, -0.25) is 4.39 Å². The first-order chi connectivity index (χ1) is 4.74. The molecule has 0 bridgehead atoms. The molecule has 0 aromatic heterocycles. The molecule has 0 N–H and O–H groups in total. The highest BCUT2D eigenvalue weighted by atomic mass is 79.9. The third-order valence-electron chi connectivity index (χ3n) is 2.02. The summed E-state index contributed by atoms with van der Waals surface area (Å²) in [6, 6.07) is 0. The Balaban J connectivity index is 2.38. The van der Waals surface area contributed by atoms with Crippen LogP contribution >= 0.6 is 31.9 Å². The summed E-state index contributed by atoms with van der Waals surface area (Å²) in [5.74, 6) is 0.234. The molecule has 0 radical (unpaired) electrons. The normalized spacial score (nSPS) is 41.7. The van der Waals surface area contributed by atoms with Gasteiger partial charge in [0, 0.05) is 15.6 Å². The SMILES string of the molecule is FCC1CC(Br)CCC1Br. The Morgan fingerprint density at radius 1 is 1.30 bits per heavy atom. The molecule has 0 aromatic carbocycles. The van der Waals surface area contributed by atoms with Gasteiger partial charge in [0.2, 0.25) is 0 Å². The summed E-state index contributed by atoms with van der Waals surface area (Å²) in [6.07, 6.45) is 3.25. The topological polar surface area (TPSA) is 0 Å². The predicted molar refractivity (Wildman–Crippen MR) is 48.7 cm³/mol. The lowest BCUT2D eigenvalue weighted by Crippen LogP contribution is -2.26. The standard InChI is InChI=1S/C7H11Br2F/c8-6-1-2-7(9)5(3-6)4-10/h5-7H,1-4H2. The van der Waals surface area contributed by atoms with Crippen LogP contribution in [0, 0.1) is 5.92 Å². The highest BCUT2D eigenvalue weighted by Crippen LogP contribution is 2.33. The Kier molecular flexibility index (Phi) is 3.64. The quantitative estimate of drug-likeness (QED) is 0.644. The van der Waals surface area contributed by atoms with Gasteiger partial charge >= 0.3 is 0 Å². The van der Waals surface area contributed by atoms with Crippen molar-refractivity contribution in [3.05, 3.63) is 0 Å². The van der Waals surface area contributed by atoms with Crippen LogP contribution in [0.4, 0.5) is 4.39 Å². The van der Waals surface area contributed by atoms with E-state index in [0.717, 1.165) is 12.8 Å². The fourth-order valence-electron chi connectivity index (χ4n) is 1.33. The summed E-state index contributed by atoms with van der Waals surface area (Å²) in [6.45, 7) is -0.183. The van der Waals surface area contributed by atoms with Gasteiger partial charge in [-0.15, -0.1) is 0 Å². The molecule has 1 rings (SSSR count). The maximum absolute atomic E-state index is 12.3. The van der Waals surface area contributed by atoms with Crippen molar-refractivity contribution in [1.29, 1.82) is 0 Å². The molecule has 0 aliphatic heterocycles. The van der Waals surface area contributed by atoms with Gasteiger partial charge in [0.25, 0.3) is 0 Å². The molecule has 0 amide bonds. The van der Waals surface area contributed by atoms with Crippen molar-refractivity contribution in [2.75, 3.05) is 6.67 Å². The van der Waals surface area contributed by atoms with Crippen LogP contribution in [0.2, 0.25) is 0 Å². The molecule has 3 atom stereocenters. The van der Waals surface area contributed by atoms with Gasteiger partial charge in [-0.1, -0.05) is 31.9 Å². The van der Waals surface area contributed by atoms with Gasteiger partial charge in [0.05, 0.1) is 6.67 Å². The first-order valence-corrected chi connectivity index (χ1v) is 5.41. The molecular formula is C7H11Br2F. The number of alkyl halides is 3. The van der Waals surface area contributed by atoms with Crippen molar-refractivity contribution >= 4 is 31.9 Å². The fourth-order valence-corrected chi connectivity index (χ4v) is 2.70. The Bertz CT molecular complexity index is 108. The predicted octanol–water partition coefficient (Wildman–Crippen LogP) is 3.28. The highest BCUT2D eigenvalue weighted by Gasteiger charge is 2.27. The molecule has 3 heteroatoms. The van der Waals surface area contributed by atoms with Crippen molar-refractivity contribution in [3.8, 4) is 0 Å². The van der Waals surface area contributed by atoms with E-state index in [1.54, 1.807) is 0 Å². The first-order valence-electron chi connectivity index (χ1n) is 3.58. The average Bonchev–Trinajstić information content (AvgIpc) is 1.94. The molecule has 1 fully saturated rings. The number of halogens is 3. The Labute approximate surface area is 77.8 Å². The van der Waals surface area contributed by atoms with E-state index in [0.29, 0.717) is 9.65 Å². The van der Waals surface area contributed by atoms with Crippen molar-refractivity contribution in [2.24, 2.45) is 5.92 Å². The van der Waals surface area contributed by atoms with Crippen LogP contribution in [0.1, 0.15) is 19.3 Å². The number of rotatable bonds is 1. The molecule has 3 unspecified atom stereocenters. The third kappa shape index (κ3) is 2.19. The monoisotopic (exact) mass is 272 g/mol. The van der Waals surface area contributed by atoms with E-state index in [1.807, 2.05) is 0 Å². The van der Waals surface area contributed by atoms with E-state index in [1.165, 1.54) is 6.42 Å². The molecule has 0 heterocycles. The van der Waals surface area contributed by atoms with E-state index >= 15 is 0 Å². The largest absolute Gasteiger partial charge is 0.251 e. The van der Waals surface area contributed by atoms with Gasteiger partial charge < -0.3 is 0 Å². The molecule has 0 spiro atoms. The second kappa shape index (κ2) is 4.05. The van der Waals surface area contributed by atoms with Gasteiger partial charge in [-0.05, 0) is 19.3 Å². The second-order valence-electron chi connectivity index (χ2n) is 2.84. The molecule has 1 saturated carbocycles. The van der Waals surface area contributed by atoms with Crippen LogP contribution in [0.3, 0.4) is 0 Å². The Hall–Kier alpha value is 0.890. The molecule has 10 heavy (non-hydrogen) atoms. The van der Waals surface area contributed by atoms with E-state index in [2.05, 4.69) is 31.9 Å².